The first kappa shape index (κ1) is 19.8. The molecule has 1 aromatic carbocycles. The van der Waals surface area contributed by atoms with Crippen LogP contribution in [0.15, 0.2) is 35.2 Å². The quantitative estimate of drug-likeness (QED) is 0.770. The summed E-state index contributed by atoms with van der Waals surface area (Å²) < 4.78 is 26.7. The minimum Gasteiger partial charge on any atom is -0.465 e. The van der Waals surface area contributed by atoms with E-state index in [4.69, 9.17) is 5.73 Å². The predicted octanol–water partition coefficient (Wildman–Crippen LogP) is 3.18. The number of aromatic nitrogens is 2. The Bertz CT molecular complexity index is 1040. The molecule has 3 N–H and O–H groups in total. The van der Waals surface area contributed by atoms with E-state index in [1.165, 1.54) is 12.1 Å². The fourth-order valence-electron chi connectivity index (χ4n) is 4.31. The molecule has 4 rings (SSSR count). The number of carboxylic acid groups (broad SMARTS) is 1. The predicted molar refractivity (Wildman–Crippen MR) is 108 cm³/mol. The summed E-state index contributed by atoms with van der Waals surface area (Å²) in [6, 6.07) is 8.06. The molecule has 0 spiro atoms. The summed E-state index contributed by atoms with van der Waals surface area (Å²) in [6.07, 6.45) is 3.01. The molecule has 156 valence electrons. The first-order valence-electron chi connectivity index (χ1n) is 9.82. The number of benzene rings is 1. The molecule has 2 aromatic rings. The number of nitrogens with zero attached hydrogens (tertiary/aromatic N) is 3. The van der Waals surface area contributed by atoms with E-state index in [9.17, 15) is 18.3 Å². The molecule has 0 radical (unpaired) electrons. The number of carbonyl (C=O) groups is 1. The summed E-state index contributed by atoms with van der Waals surface area (Å²) in [4.78, 5) is 13.5. The first-order valence-corrected chi connectivity index (χ1v) is 11.3. The van der Waals surface area contributed by atoms with Crippen LogP contribution in [0.5, 0.6) is 0 Å². The highest BCUT2D eigenvalue weighted by Crippen LogP contribution is 2.47. The topological polar surface area (TPSA) is 119 Å². The molecule has 0 bridgehead atoms. The highest BCUT2D eigenvalue weighted by molar-refractivity contribution is 7.90. The number of hydrogen-bond acceptors (Lipinski definition) is 5. The van der Waals surface area contributed by atoms with Crippen molar-refractivity contribution in [3.63, 3.8) is 0 Å². The van der Waals surface area contributed by atoms with Gasteiger partial charge in [0.15, 0.2) is 0 Å². The van der Waals surface area contributed by atoms with E-state index in [2.05, 4.69) is 5.10 Å². The standard InChI is InChI=1S/C20H26N4O4S/c1-13-3-7-16(8-4-13)29(27,28)24-18(21)12-17(22-24)14-5-6-15(11-14)23(19(25)26)20(2)9-10-20/h3-4,7-8,12,14-15H,5-6,9-11,21H2,1-2H3,(H,25,26)/t14-,15+/m0/s1. The van der Waals surface area contributed by atoms with Crippen LogP contribution in [0.1, 0.15) is 56.2 Å². The van der Waals surface area contributed by atoms with Crippen molar-refractivity contribution in [2.45, 2.75) is 68.3 Å². The van der Waals surface area contributed by atoms with E-state index in [1.807, 2.05) is 13.8 Å². The van der Waals surface area contributed by atoms with Gasteiger partial charge in [-0.05, 0) is 58.1 Å². The fraction of sp³-hybridized carbons (Fsp3) is 0.500. The lowest BCUT2D eigenvalue weighted by atomic mass is 10.0. The van der Waals surface area contributed by atoms with Gasteiger partial charge in [0.1, 0.15) is 5.82 Å². The van der Waals surface area contributed by atoms with Gasteiger partial charge >= 0.3 is 6.09 Å². The average molecular weight is 419 g/mol. The number of nitrogens with two attached hydrogens (primary N) is 1. The van der Waals surface area contributed by atoms with Crippen LogP contribution in [0.4, 0.5) is 10.6 Å². The van der Waals surface area contributed by atoms with Crippen LogP contribution >= 0.6 is 0 Å². The lowest BCUT2D eigenvalue weighted by molar-refractivity contribution is 0.0955. The van der Waals surface area contributed by atoms with E-state index in [0.29, 0.717) is 12.1 Å². The molecule has 1 amide bonds. The Hall–Kier alpha value is -2.55. The van der Waals surface area contributed by atoms with E-state index in [0.717, 1.165) is 35.3 Å². The van der Waals surface area contributed by atoms with Gasteiger partial charge in [-0.2, -0.15) is 13.5 Å². The number of rotatable bonds is 5. The fourth-order valence-corrected chi connectivity index (χ4v) is 5.52. The van der Waals surface area contributed by atoms with Crippen molar-refractivity contribution < 1.29 is 18.3 Å². The van der Waals surface area contributed by atoms with Crippen LogP contribution in [-0.4, -0.2) is 45.3 Å². The van der Waals surface area contributed by atoms with Crippen molar-refractivity contribution in [2.24, 2.45) is 0 Å². The summed E-state index contributed by atoms with van der Waals surface area (Å²) in [7, 11) is -3.88. The van der Waals surface area contributed by atoms with Gasteiger partial charge in [-0.1, -0.05) is 17.7 Å². The van der Waals surface area contributed by atoms with Gasteiger partial charge in [-0.15, -0.1) is 4.09 Å². The molecule has 2 aliphatic carbocycles. The third-order valence-electron chi connectivity index (χ3n) is 6.22. The zero-order valence-electron chi connectivity index (χ0n) is 16.6. The van der Waals surface area contributed by atoms with Gasteiger partial charge in [0.05, 0.1) is 10.6 Å². The lowest BCUT2D eigenvalue weighted by Gasteiger charge is -2.32. The lowest BCUT2D eigenvalue weighted by Crippen LogP contribution is -2.45. The Morgan fingerprint density at radius 3 is 2.52 bits per heavy atom. The Balaban J connectivity index is 1.57. The van der Waals surface area contributed by atoms with Crippen molar-refractivity contribution in [1.82, 2.24) is 14.1 Å². The molecule has 29 heavy (non-hydrogen) atoms. The van der Waals surface area contributed by atoms with Crippen LogP contribution in [0.3, 0.4) is 0 Å². The molecule has 0 aliphatic heterocycles. The molecule has 1 aromatic heterocycles. The maximum Gasteiger partial charge on any atom is 0.408 e. The Kier molecular flexibility index (Phi) is 4.60. The maximum atomic E-state index is 12.9. The summed E-state index contributed by atoms with van der Waals surface area (Å²) in [5.74, 6) is 0.0502. The van der Waals surface area contributed by atoms with Crippen molar-refractivity contribution in [2.75, 3.05) is 5.73 Å². The second kappa shape index (κ2) is 6.76. The molecule has 1 heterocycles. The van der Waals surface area contributed by atoms with Crippen molar-refractivity contribution in [3.05, 3.63) is 41.6 Å². The second-order valence-electron chi connectivity index (χ2n) is 8.47. The smallest absolute Gasteiger partial charge is 0.408 e. The van der Waals surface area contributed by atoms with Crippen molar-refractivity contribution in [3.8, 4) is 0 Å². The van der Waals surface area contributed by atoms with Crippen molar-refractivity contribution in [1.29, 1.82) is 0 Å². The largest absolute Gasteiger partial charge is 0.465 e. The molecule has 0 unspecified atom stereocenters. The molecule has 8 nitrogen and oxygen atoms in total. The molecule has 2 aliphatic rings. The second-order valence-corrected chi connectivity index (χ2v) is 10.2. The summed E-state index contributed by atoms with van der Waals surface area (Å²) in [5.41, 5.74) is 7.30. The molecule has 2 fully saturated rings. The maximum absolute atomic E-state index is 12.9. The molecular weight excluding hydrogens is 392 g/mol. The molecule has 9 heteroatoms. The summed E-state index contributed by atoms with van der Waals surface area (Å²) in [6.45, 7) is 3.87. The molecule has 2 saturated carbocycles. The summed E-state index contributed by atoms with van der Waals surface area (Å²) in [5, 5.41) is 14.0. The number of aryl methyl sites for hydroxylation is 1. The number of amides is 1. The highest BCUT2D eigenvalue weighted by Gasteiger charge is 2.50. The third kappa shape index (κ3) is 3.48. The van der Waals surface area contributed by atoms with Crippen LogP contribution in [0, 0.1) is 6.92 Å². The minimum atomic E-state index is -3.88. The SMILES string of the molecule is Cc1ccc(S(=O)(=O)n2nc([C@H]3CC[C@@H](N(C(=O)O)C4(C)CC4)C3)cc2N)cc1. The normalized spacial score (nSPS) is 23.1. The number of hydrogen-bond donors (Lipinski definition) is 2. The van der Waals surface area contributed by atoms with Gasteiger partial charge in [0.25, 0.3) is 10.0 Å². The monoisotopic (exact) mass is 418 g/mol. The molecular formula is C20H26N4O4S. The first-order chi connectivity index (χ1) is 13.6. The van der Waals surface area contributed by atoms with Crippen LogP contribution < -0.4 is 5.73 Å². The zero-order valence-corrected chi connectivity index (χ0v) is 17.4. The number of anilines is 1. The van der Waals surface area contributed by atoms with Crippen molar-refractivity contribution >= 4 is 21.9 Å². The van der Waals surface area contributed by atoms with Gasteiger partial charge in [-0.25, -0.2) is 4.79 Å². The Morgan fingerprint density at radius 2 is 1.93 bits per heavy atom. The average Bonchev–Trinajstić information content (AvgIpc) is 3.05. The van der Waals surface area contributed by atoms with Gasteiger partial charge in [0, 0.05) is 23.6 Å². The minimum absolute atomic E-state index is 0.0130. The highest BCUT2D eigenvalue weighted by atomic mass is 32.2. The Labute approximate surface area is 170 Å². The zero-order chi connectivity index (χ0) is 21.0. The van der Waals surface area contributed by atoms with E-state index >= 15 is 0 Å². The summed E-state index contributed by atoms with van der Waals surface area (Å²) >= 11 is 0. The van der Waals surface area contributed by atoms with Crippen LogP contribution in [-0.2, 0) is 10.0 Å². The molecule has 0 saturated heterocycles. The van der Waals surface area contributed by atoms with E-state index in [-0.39, 0.29) is 28.2 Å². The Morgan fingerprint density at radius 1 is 1.28 bits per heavy atom. The molecule has 2 atom stereocenters. The van der Waals surface area contributed by atoms with E-state index in [1.54, 1.807) is 23.1 Å². The van der Waals surface area contributed by atoms with Gasteiger partial charge in [-0.3, -0.25) is 4.90 Å². The van der Waals surface area contributed by atoms with Crippen LogP contribution in [0.2, 0.25) is 0 Å². The van der Waals surface area contributed by atoms with E-state index < -0.39 is 16.1 Å². The van der Waals surface area contributed by atoms with Gasteiger partial charge < -0.3 is 10.8 Å². The third-order valence-corrected chi connectivity index (χ3v) is 7.83. The van der Waals surface area contributed by atoms with Gasteiger partial charge in [0.2, 0.25) is 0 Å². The van der Waals surface area contributed by atoms with Crippen LogP contribution in [0.25, 0.3) is 0 Å². The number of nitrogen functional groups attached to an aromatic ring is 1.